The first-order valence-electron chi connectivity index (χ1n) is 11.2. The molecule has 180 valence electrons. The van der Waals surface area contributed by atoms with Crippen molar-refractivity contribution in [1.29, 1.82) is 0 Å². The van der Waals surface area contributed by atoms with Gasteiger partial charge in [-0.15, -0.1) is 0 Å². The monoisotopic (exact) mass is 473 g/mol. The second-order valence-electron chi connectivity index (χ2n) is 8.39. The van der Waals surface area contributed by atoms with Gasteiger partial charge in [-0.25, -0.2) is 8.42 Å². The zero-order valence-corrected chi connectivity index (χ0v) is 21.2. The first-order chi connectivity index (χ1) is 15.5. The van der Waals surface area contributed by atoms with Gasteiger partial charge in [0, 0.05) is 13.1 Å². The van der Waals surface area contributed by atoms with E-state index in [1.54, 1.807) is 6.07 Å². The number of likely N-dealkylation sites (N-methyl/N-ethyl adjacent to an activating group) is 1. The number of rotatable bonds is 10. The number of sulfonamides is 1. The Balaban J connectivity index is 2.46. The van der Waals surface area contributed by atoms with Gasteiger partial charge in [0.25, 0.3) is 0 Å². The number of anilines is 1. The molecule has 33 heavy (non-hydrogen) atoms. The maximum Gasteiger partial charge on any atom is 0.244 e. The molecule has 0 fully saturated rings. The zero-order valence-electron chi connectivity index (χ0n) is 20.4. The van der Waals surface area contributed by atoms with E-state index < -0.39 is 22.0 Å². The summed E-state index contributed by atoms with van der Waals surface area (Å²) in [7, 11) is -3.74. The summed E-state index contributed by atoms with van der Waals surface area (Å²) < 4.78 is 26.5. The minimum atomic E-state index is -3.74. The van der Waals surface area contributed by atoms with Gasteiger partial charge in [0.15, 0.2) is 0 Å². The molecule has 0 radical (unpaired) electrons. The Morgan fingerprint density at radius 3 is 2.21 bits per heavy atom. The molecule has 2 amide bonds. The Labute approximate surface area is 197 Å². The third-order valence-electron chi connectivity index (χ3n) is 5.47. The lowest BCUT2D eigenvalue weighted by Gasteiger charge is -2.33. The Kier molecular flexibility index (Phi) is 9.05. The van der Waals surface area contributed by atoms with E-state index in [1.165, 1.54) is 4.90 Å². The van der Waals surface area contributed by atoms with Gasteiger partial charge in [0.1, 0.15) is 12.6 Å². The fraction of sp³-hybridized carbons (Fsp3) is 0.440. The number of benzene rings is 2. The van der Waals surface area contributed by atoms with Crippen LogP contribution in [0, 0.1) is 20.8 Å². The molecule has 0 aromatic heterocycles. The van der Waals surface area contributed by atoms with E-state index in [4.69, 9.17) is 0 Å². The van der Waals surface area contributed by atoms with Crippen LogP contribution in [0.4, 0.5) is 5.69 Å². The number of hydrogen-bond acceptors (Lipinski definition) is 4. The first kappa shape index (κ1) is 26.4. The fourth-order valence-electron chi connectivity index (χ4n) is 3.90. The van der Waals surface area contributed by atoms with Gasteiger partial charge in [0.2, 0.25) is 21.8 Å². The molecule has 0 bridgehead atoms. The summed E-state index contributed by atoms with van der Waals surface area (Å²) in [4.78, 5) is 27.9. The van der Waals surface area contributed by atoms with Gasteiger partial charge in [0.05, 0.1) is 11.9 Å². The van der Waals surface area contributed by atoms with Crippen LogP contribution >= 0.6 is 0 Å². The highest BCUT2D eigenvalue weighted by Gasteiger charge is 2.31. The van der Waals surface area contributed by atoms with Crippen LogP contribution in [0.1, 0.15) is 42.5 Å². The maximum absolute atomic E-state index is 13.6. The largest absolute Gasteiger partial charge is 0.355 e. The number of aryl methyl sites for hydroxylation is 3. The summed E-state index contributed by atoms with van der Waals surface area (Å²) in [5.74, 6) is -0.682. The van der Waals surface area contributed by atoms with Gasteiger partial charge in [-0.3, -0.25) is 13.9 Å². The number of hydrogen-bond donors (Lipinski definition) is 1. The molecule has 8 heteroatoms. The van der Waals surface area contributed by atoms with Gasteiger partial charge < -0.3 is 10.2 Å². The lowest BCUT2D eigenvalue weighted by atomic mass is 10.1. The second kappa shape index (κ2) is 11.3. The molecule has 2 aromatic carbocycles. The van der Waals surface area contributed by atoms with E-state index in [0.717, 1.165) is 32.8 Å². The summed E-state index contributed by atoms with van der Waals surface area (Å²) in [6.07, 6.45) is 1.50. The molecule has 1 atom stereocenters. The van der Waals surface area contributed by atoms with Crippen LogP contribution in [0.2, 0.25) is 0 Å². The Bertz CT molecular complexity index is 1100. The van der Waals surface area contributed by atoms with Gasteiger partial charge in [-0.05, 0) is 51.3 Å². The van der Waals surface area contributed by atoms with E-state index in [2.05, 4.69) is 5.32 Å². The number of carbonyl (C=O) groups is 2. The fourth-order valence-corrected chi connectivity index (χ4v) is 4.81. The minimum Gasteiger partial charge on any atom is -0.355 e. The standard InChI is InChI=1S/C25H35N3O4S/c1-7-22(25(30)26-8-2)27(16-21-11-9-10-18(3)15-21)24(29)17-28(33(6,31)32)23-13-12-19(4)14-20(23)5/h9-15,22H,7-8,16-17H2,1-6H3,(H,26,30)/t22-/m0/s1. The summed E-state index contributed by atoms with van der Waals surface area (Å²) >= 11 is 0. The van der Waals surface area contributed by atoms with Crippen LogP contribution in [0.25, 0.3) is 0 Å². The molecule has 1 N–H and O–H groups in total. The van der Waals surface area contributed by atoms with Crippen LogP contribution in [-0.2, 0) is 26.2 Å². The van der Waals surface area contributed by atoms with Crippen LogP contribution in [0.5, 0.6) is 0 Å². The van der Waals surface area contributed by atoms with Crippen molar-refractivity contribution in [3.8, 4) is 0 Å². The predicted molar refractivity (Wildman–Crippen MR) is 133 cm³/mol. The molecule has 0 heterocycles. The van der Waals surface area contributed by atoms with Gasteiger partial charge in [-0.2, -0.15) is 0 Å². The molecule has 0 aliphatic rings. The number of nitrogens with one attached hydrogen (secondary N) is 1. The highest BCUT2D eigenvalue weighted by molar-refractivity contribution is 7.92. The van der Waals surface area contributed by atoms with Crippen LogP contribution in [0.3, 0.4) is 0 Å². The Hall–Kier alpha value is -2.87. The van der Waals surface area contributed by atoms with E-state index >= 15 is 0 Å². The molecule has 0 saturated carbocycles. The highest BCUT2D eigenvalue weighted by Crippen LogP contribution is 2.24. The molecular weight excluding hydrogens is 438 g/mol. The topological polar surface area (TPSA) is 86.8 Å². The molecule has 0 aliphatic heterocycles. The normalized spacial score (nSPS) is 12.2. The number of amides is 2. The van der Waals surface area contributed by atoms with Crippen molar-refractivity contribution in [3.63, 3.8) is 0 Å². The zero-order chi connectivity index (χ0) is 24.8. The summed E-state index contributed by atoms with van der Waals surface area (Å²) in [6, 6.07) is 12.4. The lowest BCUT2D eigenvalue weighted by Crippen LogP contribution is -2.52. The summed E-state index contributed by atoms with van der Waals surface area (Å²) in [5.41, 5.74) is 4.13. The van der Waals surface area contributed by atoms with E-state index in [1.807, 2.05) is 71.0 Å². The first-order valence-corrected chi connectivity index (χ1v) is 13.0. The third kappa shape index (κ3) is 7.05. The van der Waals surface area contributed by atoms with Crippen molar-refractivity contribution in [1.82, 2.24) is 10.2 Å². The Morgan fingerprint density at radius 2 is 1.67 bits per heavy atom. The molecule has 2 aromatic rings. The van der Waals surface area contributed by atoms with Crippen LogP contribution in [-0.4, -0.2) is 50.5 Å². The van der Waals surface area contributed by atoms with Crippen molar-refractivity contribution < 1.29 is 18.0 Å². The van der Waals surface area contributed by atoms with E-state index in [0.29, 0.717) is 18.7 Å². The van der Waals surface area contributed by atoms with Crippen molar-refractivity contribution in [3.05, 3.63) is 64.7 Å². The third-order valence-corrected chi connectivity index (χ3v) is 6.60. The molecule has 0 spiro atoms. The molecule has 0 saturated heterocycles. The quantitative estimate of drug-likeness (QED) is 0.574. The minimum absolute atomic E-state index is 0.209. The molecule has 0 unspecified atom stereocenters. The maximum atomic E-state index is 13.6. The Morgan fingerprint density at radius 1 is 1.00 bits per heavy atom. The highest BCUT2D eigenvalue weighted by atomic mass is 32.2. The average molecular weight is 474 g/mol. The van der Waals surface area contributed by atoms with Crippen molar-refractivity contribution in [2.24, 2.45) is 0 Å². The summed E-state index contributed by atoms with van der Waals surface area (Å²) in [6.45, 7) is 9.64. The predicted octanol–water partition coefficient (Wildman–Crippen LogP) is 3.32. The van der Waals surface area contributed by atoms with Gasteiger partial charge in [-0.1, -0.05) is 54.4 Å². The van der Waals surface area contributed by atoms with Crippen molar-refractivity contribution >= 4 is 27.5 Å². The summed E-state index contributed by atoms with van der Waals surface area (Å²) in [5, 5.41) is 2.79. The van der Waals surface area contributed by atoms with Crippen LogP contribution in [0.15, 0.2) is 42.5 Å². The molecule has 0 aliphatic carbocycles. The average Bonchev–Trinajstić information content (AvgIpc) is 2.71. The number of carbonyl (C=O) groups excluding carboxylic acids is 2. The van der Waals surface area contributed by atoms with Crippen LogP contribution < -0.4 is 9.62 Å². The SMILES string of the molecule is CCNC(=O)[C@H](CC)N(Cc1cccc(C)c1)C(=O)CN(c1ccc(C)cc1C)S(C)(=O)=O. The molecule has 2 rings (SSSR count). The van der Waals surface area contributed by atoms with Crippen molar-refractivity contribution in [2.45, 2.75) is 53.6 Å². The lowest BCUT2D eigenvalue weighted by molar-refractivity contribution is -0.140. The number of nitrogens with zero attached hydrogens (tertiary/aromatic N) is 2. The second-order valence-corrected chi connectivity index (χ2v) is 10.3. The molecule has 7 nitrogen and oxygen atoms in total. The van der Waals surface area contributed by atoms with E-state index in [9.17, 15) is 18.0 Å². The van der Waals surface area contributed by atoms with E-state index in [-0.39, 0.29) is 19.0 Å². The van der Waals surface area contributed by atoms with Crippen molar-refractivity contribution in [2.75, 3.05) is 23.7 Å². The molecular formula is C25H35N3O4S. The van der Waals surface area contributed by atoms with Gasteiger partial charge >= 0.3 is 0 Å². The smallest absolute Gasteiger partial charge is 0.244 e.